The molecule has 0 aliphatic carbocycles. The molecule has 370 valence electrons. The Balaban J connectivity index is 1.15. The highest BCUT2D eigenvalue weighted by atomic mass is 15.2. The normalized spacial score (nSPS) is 12.4. The van der Waals surface area contributed by atoms with Crippen molar-refractivity contribution in [3.05, 3.63) is 266 Å². The monoisotopic (exact) mass is 988 g/mol. The summed E-state index contributed by atoms with van der Waals surface area (Å²) < 4.78 is 0. The molecule has 11 aromatic rings. The standard InChI is InChI=1S/C74H61BN2/c1-5-6-25-58-42-56(50-26-13-7-14-27-50)38-40-62(58)65-45-60(53-32-19-10-20-33-53)47-67-72(65)76-68-48-61(74(2,3)4)49-70-71(68)75(67)66-46-57(51-28-15-8-16-29-51)39-41-69(66)77(70)73-63(54-34-21-11-22-35-54)43-59(52-30-17-9-18-31-52)44-64(73)55-36-23-12-24-37-55/h7-24,26-49,76H,5-6,25H2,1-4H3. The summed E-state index contributed by atoms with van der Waals surface area (Å²) in [4.78, 5) is 2.65. The fourth-order valence-corrected chi connectivity index (χ4v) is 12.1. The minimum atomic E-state index is -0.172. The van der Waals surface area contributed by atoms with Crippen LogP contribution in [-0.4, -0.2) is 6.71 Å². The quantitative estimate of drug-likeness (QED) is 0.130. The molecular weight excluding hydrogens is 928 g/mol. The lowest BCUT2D eigenvalue weighted by Gasteiger charge is -2.43. The van der Waals surface area contributed by atoms with Gasteiger partial charge in [-0.25, -0.2) is 0 Å². The van der Waals surface area contributed by atoms with Crippen LogP contribution < -0.4 is 26.6 Å². The molecule has 0 radical (unpaired) electrons. The summed E-state index contributed by atoms with van der Waals surface area (Å²) in [6.07, 6.45) is 3.22. The topological polar surface area (TPSA) is 15.3 Å². The van der Waals surface area contributed by atoms with Crippen molar-refractivity contribution >= 4 is 51.5 Å². The maximum absolute atomic E-state index is 4.31. The molecular formula is C74H61BN2. The van der Waals surface area contributed by atoms with E-state index in [1.165, 1.54) is 122 Å². The van der Waals surface area contributed by atoms with Gasteiger partial charge in [-0.3, -0.25) is 0 Å². The molecule has 3 heteroatoms. The second-order valence-corrected chi connectivity index (χ2v) is 22.0. The Hall–Kier alpha value is -8.92. The number of fused-ring (bicyclic) bond motifs is 4. The first-order valence-electron chi connectivity index (χ1n) is 27.5. The van der Waals surface area contributed by atoms with Crippen molar-refractivity contribution in [3.63, 3.8) is 0 Å². The van der Waals surface area contributed by atoms with Crippen molar-refractivity contribution in [1.29, 1.82) is 0 Å². The summed E-state index contributed by atoms with van der Waals surface area (Å²) >= 11 is 0. The number of hydrogen-bond acceptors (Lipinski definition) is 2. The molecule has 0 saturated heterocycles. The maximum atomic E-state index is 4.31. The molecule has 77 heavy (non-hydrogen) atoms. The summed E-state index contributed by atoms with van der Waals surface area (Å²) in [6, 6.07) is 95.1. The van der Waals surface area contributed by atoms with Crippen LogP contribution in [0.4, 0.5) is 28.4 Å². The van der Waals surface area contributed by atoms with Crippen molar-refractivity contribution in [3.8, 4) is 77.9 Å². The summed E-state index contributed by atoms with van der Waals surface area (Å²) in [6.45, 7) is 9.25. The Kier molecular flexibility index (Phi) is 12.4. The second-order valence-electron chi connectivity index (χ2n) is 22.0. The number of rotatable bonds is 11. The third-order valence-electron chi connectivity index (χ3n) is 16.0. The molecule has 0 atom stereocenters. The molecule has 0 spiro atoms. The summed E-state index contributed by atoms with van der Waals surface area (Å²) in [5, 5.41) is 4.31. The van der Waals surface area contributed by atoms with Crippen LogP contribution in [0, 0.1) is 0 Å². The fourth-order valence-electron chi connectivity index (χ4n) is 12.1. The van der Waals surface area contributed by atoms with Crippen LogP contribution in [0.2, 0.25) is 0 Å². The number of aryl methyl sites for hydroxylation is 1. The minimum absolute atomic E-state index is 0.116. The van der Waals surface area contributed by atoms with E-state index in [0.29, 0.717) is 0 Å². The van der Waals surface area contributed by atoms with Crippen molar-refractivity contribution in [2.75, 3.05) is 10.2 Å². The van der Waals surface area contributed by atoms with Gasteiger partial charge in [0, 0.05) is 39.4 Å². The molecule has 0 amide bonds. The molecule has 0 bridgehead atoms. The number of benzene rings is 11. The van der Waals surface area contributed by atoms with Gasteiger partial charge in [-0.1, -0.05) is 253 Å². The third-order valence-corrected chi connectivity index (χ3v) is 16.0. The average molecular weight is 989 g/mol. The zero-order valence-electron chi connectivity index (χ0n) is 44.4. The van der Waals surface area contributed by atoms with E-state index in [1.54, 1.807) is 0 Å². The molecule has 2 aliphatic heterocycles. The van der Waals surface area contributed by atoms with Crippen LogP contribution in [0.25, 0.3) is 77.9 Å². The number of nitrogens with zero attached hydrogens (tertiary/aromatic N) is 1. The minimum Gasteiger partial charge on any atom is -0.356 e. The van der Waals surface area contributed by atoms with Crippen molar-refractivity contribution in [1.82, 2.24) is 0 Å². The van der Waals surface area contributed by atoms with Gasteiger partial charge in [0.1, 0.15) is 0 Å². The van der Waals surface area contributed by atoms with E-state index in [-0.39, 0.29) is 12.1 Å². The molecule has 0 fully saturated rings. The van der Waals surface area contributed by atoms with Crippen LogP contribution in [-0.2, 0) is 11.8 Å². The lowest BCUT2D eigenvalue weighted by molar-refractivity contribution is 0.591. The van der Waals surface area contributed by atoms with Crippen molar-refractivity contribution in [2.45, 2.75) is 52.4 Å². The Morgan fingerprint density at radius 3 is 1.36 bits per heavy atom. The smallest absolute Gasteiger partial charge is 0.252 e. The van der Waals surface area contributed by atoms with E-state index in [9.17, 15) is 0 Å². The zero-order valence-corrected chi connectivity index (χ0v) is 44.4. The first-order chi connectivity index (χ1) is 37.8. The van der Waals surface area contributed by atoms with Crippen LogP contribution in [0.15, 0.2) is 255 Å². The first-order valence-corrected chi connectivity index (χ1v) is 27.5. The van der Waals surface area contributed by atoms with E-state index in [2.05, 4.69) is 293 Å². The van der Waals surface area contributed by atoms with Crippen LogP contribution in [0.3, 0.4) is 0 Å². The van der Waals surface area contributed by atoms with Crippen molar-refractivity contribution < 1.29 is 0 Å². The summed E-state index contributed by atoms with van der Waals surface area (Å²) in [5.41, 5.74) is 29.1. The predicted molar refractivity (Wildman–Crippen MR) is 331 cm³/mol. The largest absolute Gasteiger partial charge is 0.356 e. The summed E-state index contributed by atoms with van der Waals surface area (Å²) in [7, 11) is 0. The van der Waals surface area contributed by atoms with Gasteiger partial charge in [-0.15, -0.1) is 0 Å². The second kappa shape index (κ2) is 20.0. The van der Waals surface area contributed by atoms with Gasteiger partial charge in [0.15, 0.2) is 0 Å². The predicted octanol–water partition coefficient (Wildman–Crippen LogP) is 18.4. The van der Waals surface area contributed by atoms with E-state index >= 15 is 0 Å². The molecule has 13 rings (SSSR count). The van der Waals surface area contributed by atoms with Gasteiger partial charge in [0.2, 0.25) is 0 Å². The highest BCUT2D eigenvalue weighted by molar-refractivity contribution is 7.00. The molecule has 11 aromatic carbocycles. The number of nitrogens with one attached hydrogen (secondary N) is 1. The van der Waals surface area contributed by atoms with E-state index < -0.39 is 0 Å². The van der Waals surface area contributed by atoms with Gasteiger partial charge in [-0.2, -0.15) is 0 Å². The fraction of sp³-hybridized carbons (Fsp3) is 0.108. The van der Waals surface area contributed by atoms with Gasteiger partial charge >= 0.3 is 0 Å². The van der Waals surface area contributed by atoms with Gasteiger partial charge in [0.05, 0.1) is 5.69 Å². The lowest BCUT2D eigenvalue weighted by atomic mass is 9.33. The molecule has 2 nitrogen and oxygen atoms in total. The third kappa shape index (κ3) is 8.86. The Bertz CT molecular complexity index is 3880. The summed E-state index contributed by atoms with van der Waals surface area (Å²) in [5.74, 6) is 0. The number of hydrogen-bond donors (Lipinski definition) is 1. The highest BCUT2D eigenvalue weighted by Crippen LogP contribution is 2.52. The maximum Gasteiger partial charge on any atom is 0.252 e. The molecule has 0 aromatic heterocycles. The molecule has 1 N–H and O–H groups in total. The first kappa shape index (κ1) is 47.8. The molecule has 2 aliphatic rings. The Labute approximate surface area is 455 Å². The lowest BCUT2D eigenvalue weighted by Crippen LogP contribution is -2.60. The molecule has 0 unspecified atom stereocenters. The Morgan fingerprint density at radius 1 is 0.390 bits per heavy atom. The van der Waals surface area contributed by atoms with Gasteiger partial charge in [-0.05, 0) is 143 Å². The van der Waals surface area contributed by atoms with Crippen LogP contribution in [0.1, 0.15) is 51.7 Å². The van der Waals surface area contributed by atoms with Crippen LogP contribution in [0.5, 0.6) is 0 Å². The van der Waals surface area contributed by atoms with E-state index in [1.807, 2.05) is 0 Å². The number of anilines is 5. The SMILES string of the molecule is CCCCc1cc(-c2ccccc2)ccc1-c1cc(-c2ccccc2)cc2c1Nc1cc(C(C)(C)C)cc3c1B2c1cc(-c2ccccc2)ccc1N3c1c(-c2ccccc2)cc(-c2ccccc2)cc1-c1ccccc1. The molecule has 2 heterocycles. The average Bonchev–Trinajstić information content (AvgIpc) is 3.68. The van der Waals surface area contributed by atoms with E-state index in [4.69, 9.17) is 0 Å². The van der Waals surface area contributed by atoms with Gasteiger partial charge < -0.3 is 10.2 Å². The van der Waals surface area contributed by atoms with Crippen LogP contribution >= 0.6 is 0 Å². The number of unbranched alkanes of at least 4 members (excludes halogenated alkanes) is 1. The Morgan fingerprint density at radius 2 is 0.844 bits per heavy atom. The zero-order chi connectivity index (χ0) is 52.0. The van der Waals surface area contributed by atoms with Gasteiger partial charge in [0.25, 0.3) is 6.71 Å². The van der Waals surface area contributed by atoms with E-state index in [0.717, 1.165) is 30.6 Å². The highest BCUT2D eigenvalue weighted by Gasteiger charge is 2.44. The molecule has 0 saturated carbocycles. The van der Waals surface area contributed by atoms with Crippen molar-refractivity contribution in [2.24, 2.45) is 0 Å².